The average Bonchev–Trinajstić information content (AvgIpc) is 2.58. The molecule has 1 aromatic heterocycles. The van der Waals surface area contributed by atoms with Gasteiger partial charge in [0.2, 0.25) is 0 Å². The third-order valence-corrected chi connectivity index (χ3v) is 2.28. The number of alkyl halides is 1. The van der Waals surface area contributed by atoms with Crippen LogP contribution in [0.1, 0.15) is 0 Å². The largest absolute Gasteiger partial charge is 0.468 e. The van der Waals surface area contributed by atoms with Crippen LogP contribution in [0.25, 0.3) is 11.0 Å². The maximum atomic E-state index is 5.72. The third kappa shape index (κ3) is 1.44. The highest BCUT2D eigenvalue weighted by Gasteiger charge is 2.08. The van der Waals surface area contributed by atoms with Crippen molar-refractivity contribution in [2.24, 2.45) is 0 Å². The number of benzene rings is 1. The summed E-state index contributed by atoms with van der Waals surface area (Å²) in [5, 5.41) is 0. The fourth-order valence-electron chi connectivity index (χ4n) is 1.51. The average molecular weight is 211 g/mol. The van der Waals surface area contributed by atoms with Crippen LogP contribution in [-0.2, 0) is 6.54 Å². The molecule has 0 amide bonds. The molecule has 0 N–H and O–H groups in total. The molecular weight excluding hydrogens is 200 g/mol. The molecule has 0 unspecified atom stereocenters. The molecule has 0 bridgehead atoms. The third-order valence-electron chi connectivity index (χ3n) is 2.11. The summed E-state index contributed by atoms with van der Waals surface area (Å²) in [5.41, 5.74) is 2.00. The van der Waals surface area contributed by atoms with E-state index in [0.29, 0.717) is 18.4 Å². The maximum absolute atomic E-state index is 5.72. The Morgan fingerprint density at radius 1 is 1.43 bits per heavy atom. The first-order valence-electron chi connectivity index (χ1n) is 4.42. The van der Waals surface area contributed by atoms with Crippen LogP contribution in [0, 0.1) is 0 Å². The van der Waals surface area contributed by atoms with Crippen LogP contribution in [0.2, 0.25) is 0 Å². The van der Waals surface area contributed by atoms with Gasteiger partial charge < -0.3 is 4.74 Å². The summed E-state index contributed by atoms with van der Waals surface area (Å²) in [6.45, 7) is 0.714. The van der Waals surface area contributed by atoms with Gasteiger partial charge in [-0.15, -0.1) is 11.6 Å². The highest BCUT2D eigenvalue weighted by molar-refractivity contribution is 6.17. The number of hydrogen-bond acceptors (Lipinski definition) is 2. The Balaban J connectivity index is 2.61. The molecule has 0 radical (unpaired) electrons. The number of aromatic nitrogens is 2. The zero-order chi connectivity index (χ0) is 9.97. The second-order valence-corrected chi connectivity index (χ2v) is 3.31. The molecule has 0 aliphatic carbocycles. The summed E-state index contributed by atoms with van der Waals surface area (Å²) in [6.07, 6.45) is 0. The van der Waals surface area contributed by atoms with Crippen molar-refractivity contribution in [3.05, 3.63) is 24.3 Å². The second-order valence-electron chi connectivity index (χ2n) is 2.93. The first kappa shape index (κ1) is 9.34. The Hall–Kier alpha value is -1.22. The zero-order valence-corrected chi connectivity index (χ0v) is 8.66. The maximum Gasteiger partial charge on any atom is 0.297 e. The molecule has 74 valence electrons. The predicted octanol–water partition coefficient (Wildman–Crippen LogP) is 2.28. The van der Waals surface area contributed by atoms with Crippen LogP contribution in [0.3, 0.4) is 0 Å². The Labute approximate surface area is 87.3 Å². The quantitative estimate of drug-likeness (QED) is 0.727. The number of aryl methyl sites for hydroxylation is 1. The molecule has 2 aromatic rings. The van der Waals surface area contributed by atoms with Crippen molar-refractivity contribution < 1.29 is 4.74 Å². The Bertz CT molecular complexity index is 439. The molecular formula is C10H11ClN2O. The Morgan fingerprint density at radius 2 is 2.21 bits per heavy atom. The van der Waals surface area contributed by atoms with Gasteiger partial charge >= 0.3 is 0 Å². The van der Waals surface area contributed by atoms with E-state index in [4.69, 9.17) is 16.3 Å². The zero-order valence-electron chi connectivity index (χ0n) is 7.90. The first-order valence-corrected chi connectivity index (χ1v) is 4.95. The number of para-hydroxylation sites is 2. The van der Waals surface area contributed by atoms with E-state index in [0.717, 1.165) is 11.0 Å². The van der Waals surface area contributed by atoms with Gasteiger partial charge in [-0.25, -0.2) is 0 Å². The highest BCUT2D eigenvalue weighted by atomic mass is 35.5. The molecule has 4 heteroatoms. The number of nitrogens with zero attached hydrogens (tertiary/aromatic N) is 2. The molecule has 0 aliphatic heterocycles. The smallest absolute Gasteiger partial charge is 0.297 e. The predicted molar refractivity (Wildman–Crippen MR) is 57.0 cm³/mol. The molecule has 0 fully saturated rings. The van der Waals surface area contributed by atoms with Crippen LogP contribution in [0.5, 0.6) is 6.01 Å². The lowest BCUT2D eigenvalue weighted by atomic mass is 10.3. The first-order chi connectivity index (χ1) is 6.86. The minimum absolute atomic E-state index is 0.552. The van der Waals surface area contributed by atoms with Gasteiger partial charge in [-0.3, -0.25) is 4.57 Å². The lowest BCUT2D eigenvalue weighted by molar-refractivity contribution is 0.362. The summed E-state index contributed by atoms with van der Waals surface area (Å²) in [6, 6.07) is 8.53. The van der Waals surface area contributed by atoms with Gasteiger partial charge in [0.1, 0.15) is 0 Å². The van der Waals surface area contributed by atoms with Gasteiger partial charge in [0.15, 0.2) is 0 Å². The number of rotatable bonds is 3. The van der Waals surface area contributed by atoms with E-state index in [1.165, 1.54) is 0 Å². The standard InChI is InChI=1S/C10H11ClN2O/c1-14-10-12-8-4-2-3-5-9(8)13(10)7-6-11/h2-5H,6-7H2,1H3. The molecule has 2 rings (SSSR count). The summed E-state index contributed by atoms with van der Waals surface area (Å²) in [7, 11) is 1.62. The van der Waals surface area contributed by atoms with E-state index in [-0.39, 0.29) is 0 Å². The van der Waals surface area contributed by atoms with Crippen molar-refractivity contribution in [1.82, 2.24) is 9.55 Å². The minimum atomic E-state index is 0.552. The summed E-state index contributed by atoms with van der Waals surface area (Å²) in [5.74, 6) is 0.552. The molecule has 1 aromatic carbocycles. The van der Waals surface area contributed by atoms with Crippen molar-refractivity contribution in [2.45, 2.75) is 6.54 Å². The van der Waals surface area contributed by atoms with Crippen molar-refractivity contribution in [3.63, 3.8) is 0 Å². The van der Waals surface area contributed by atoms with E-state index < -0.39 is 0 Å². The molecule has 0 saturated carbocycles. The molecule has 0 spiro atoms. The second kappa shape index (κ2) is 3.88. The monoisotopic (exact) mass is 210 g/mol. The molecule has 0 aliphatic rings. The van der Waals surface area contributed by atoms with Gasteiger partial charge in [-0.05, 0) is 12.1 Å². The minimum Gasteiger partial charge on any atom is -0.468 e. The molecule has 3 nitrogen and oxygen atoms in total. The van der Waals surface area contributed by atoms with E-state index >= 15 is 0 Å². The Morgan fingerprint density at radius 3 is 2.93 bits per heavy atom. The van der Waals surface area contributed by atoms with Crippen LogP contribution in [0.4, 0.5) is 0 Å². The molecule has 0 atom stereocenters. The summed E-state index contributed by atoms with van der Waals surface area (Å²) < 4.78 is 7.15. The molecule has 1 heterocycles. The van der Waals surface area contributed by atoms with Gasteiger partial charge in [0, 0.05) is 12.4 Å². The van der Waals surface area contributed by atoms with Crippen LogP contribution in [0.15, 0.2) is 24.3 Å². The van der Waals surface area contributed by atoms with Crippen molar-refractivity contribution in [3.8, 4) is 6.01 Å². The lowest BCUT2D eigenvalue weighted by Crippen LogP contribution is -2.01. The molecule has 0 saturated heterocycles. The number of halogens is 1. The van der Waals surface area contributed by atoms with Crippen LogP contribution >= 0.6 is 11.6 Å². The van der Waals surface area contributed by atoms with Gasteiger partial charge in [-0.1, -0.05) is 12.1 Å². The number of hydrogen-bond donors (Lipinski definition) is 0. The van der Waals surface area contributed by atoms with E-state index in [1.54, 1.807) is 7.11 Å². The van der Waals surface area contributed by atoms with Crippen molar-refractivity contribution in [2.75, 3.05) is 13.0 Å². The Kier molecular flexibility index (Phi) is 2.59. The fraction of sp³-hybridized carbons (Fsp3) is 0.300. The van der Waals surface area contributed by atoms with Gasteiger partial charge in [0.25, 0.3) is 6.01 Å². The topological polar surface area (TPSA) is 27.1 Å². The summed E-state index contributed by atoms with van der Waals surface area (Å²) in [4.78, 5) is 4.33. The van der Waals surface area contributed by atoms with Crippen molar-refractivity contribution >= 4 is 22.6 Å². The van der Waals surface area contributed by atoms with E-state index in [9.17, 15) is 0 Å². The van der Waals surface area contributed by atoms with Crippen LogP contribution in [-0.4, -0.2) is 22.5 Å². The van der Waals surface area contributed by atoms with E-state index in [1.807, 2.05) is 28.8 Å². The van der Waals surface area contributed by atoms with Crippen LogP contribution < -0.4 is 4.74 Å². The molecule has 14 heavy (non-hydrogen) atoms. The summed E-state index contributed by atoms with van der Waals surface area (Å²) >= 11 is 5.72. The number of fused-ring (bicyclic) bond motifs is 1. The van der Waals surface area contributed by atoms with Crippen molar-refractivity contribution in [1.29, 1.82) is 0 Å². The normalized spacial score (nSPS) is 10.7. The fourth-order valence-corrected chi connectivity index (χ4v) is 1.68. The highest BCUT2D eigenvalue weighted by Crippen LogP contribution is 2.20. The van der Waals surface area contributed by atoms with E-state index in [2.05, 4.69) is 4.98 Å². The van der Waals surface area contributed by atoms with Gasteiger partial charge in [-0.2, -0.15) is 4.98 Å². The lowest BCUT2D eigenvalue weighted by Gasteiger charge is -2.04. The number of ether oxygens (including phenoxy) is 1. The SMILES string of the molecule is COc1nc2ccccc2n1CCCl. The number of imidazole rings is 1. The number of methoxy groups -OCH3 is 1. The van der Waals surface area contributed by atoms with Gasteiger partial charge in [0.05, 0.1) is 18.1 Å².